The molecule has 0 bridgehead atoms. The van der Waals surface area contributed by atoms with Crippen molar-refractivity contribution in [2.75, 3.05) is 11.9 Å². The van der Waals surface area contributed by atoms with Crippen molar-refractivity contribution in [3.8, 4) is 0 Å². The fraction of sp³-hybridized carbons (Fsp3) is 0.182. The van der Waals surface area contributed by atoms with Crippen molar-refractivity contribution in [2.45, 2.75) is 19.4 Å². The van der Waals surface area contributed by atoms with E-state index in [9.17, 15) is 0 Å². The Morgan fingerprint density at radius 3 is 2.82 bits per heavy atom. The Morgan fingerprint density at radius 1 is 1.32 bits per heavy atom. The molecule has 0 saturated heterocycles. The van der Waals surface area contributed by atoms with Crippen molar-refractivity contribution in [1.82, 2.24) is 9.97 Å². The molecule has 144 valence electrons. The van der Waals surface area contributed by atoms with Crippen molar-refractivity contribution < 1.29 is 0 Å². The minimum Gasteiger partial charge on any atom is -0.367 e. The van der Waals surface area contributed by atoms with Gasteiger partial charge in [0, 0.05) is 23.5 Å². The lowest BCUT2D eigenvalue weighted by molar-refractivity contribution is 0.698. The number of allylic oxidation sites excluding steroid dienone is 5. The van der Waals surface area contributed by atoms with E-state index in [1.807, 2.05) is 48.7 Å². The van der Waals surface area contributed by atoms with E-state index in [2.05, 4.69) is 40.0 Å². The molecule has 0 amide bonds. The number of nitrogens with one attached hydrogen (secondary N) is 1. The van der Waals surface area contributed by atoms with Gasteiger partial charge in [-0.3, -0.25) is 0 Å². The van der Waals surface area contributed by atoms with E-state index in [0.29, 0.717) is 12.4 Å². The number of benzene rings is 1. The molecule has 0 radical (unpaired) electrons. The van der Waals surface area contributed by atoms with E-state index in [0.717, 1.165) is 32.5 Å². The Labute approximate surface area is 178 Å². The molecule has 3 rings (SSSR count). The number of anilines is 1. The molecule has 0 spiro atoms. The standard InChI is InChI=1S/C22H23BrN4S/c1-3-8-16(9-4-2)21-26-19-18(23)14-28-20(19)22(27-21)25-13-17(24)12-15-10-6-5-7-11-15/h3-11,14,17H,1,12-13,24H2,2H3,(H,25,26,27)/b9-4-,16-8+/t17-/m0/s1. The molecule has 0 aliphatic heterocycles. The van der Waals surface area contributed by atoms with Gasteiger partial charge in [0.2, 0.25) is 0 Å². The Bertz CT molecular complexity index is 1010. The molecule has 3 aromatic rings. The number of aromatic nitrogens is 2. The first-order chi connectivity index (χ1) is 13.6. The van der Waals surface area contributed by atoms with Gasteiger partial charge >= 0.3 is 0 Å². The van der Waals surface area contributed by atoms with Crippen LogP contribution >= 0.6 is 27.3 Å². The first kappa shape index (κ1) is 20.5. The molecule has 0 aliphatic carbocycles. The molecule has 28 heavy (non-hydrogen) atoms. The highest BCUT2D eigenvalue weighted by atomic mass is 79.9. The fourth-order valence-electron chi connectivity index (χ4n) is 2.87. The third-order valence-corrected chi connectivity index (χ3v) is 6.03. The number of nitrogens with two attached hydrogens (primary N) is 1. The quantitative estimate of drug-likeness (QED) is 0.435. The first-order valence-electron chi connectivity index (χ1n) is 9.06. The van der Waals surface area contributed by atoms with Crippen LogP contribution in [0, 0.1) is 0 Å². The van der Waals surface area contributed by atoms with Crippen LogP contribution in [-0.4, -0.2) is 22.6 Å². The van der Waals surface area contributed by atoms with Crippen LogP contribution in [-0.2, 0) is 6.42 Å². The predicted molar refractivity (Wildman–Crippen MR) is 125 cm³/mol. The van der Waals surface area contributed by atoms with Crippen LogP contribution < -0.4 is 11.1 Å². The molecule has 3 N–H and O–H groups in total. The molecule has 1 aromatic carbocycles. The van der Waals surface area contributed by atoms with Crippen molar-refractivity contribution in [3.05, 3.63) is 82.5 Å². The average Bonchev–Trinajstić information content (AvgIpc) is 3.08. The monoisotopic (exact) mass is 454 g/mol. The third-order valence-electron chi connectivity index (χ3n) is 4.15. The second-order valence-corrected chi connectivity index (χ2v) is 8.08. The first-order valence-corrected chi connectivity index (χ1v) is 10.7. The van der Waals surface area contributed by atoms with Crippen molar-refractivity contribution >= 4 is 48.9 Å². The molecule has 2 heterocycles. The smallest absolute Gasteiger partial charge is 0.162 e. The minimum atomic E-state index is -0.0157. The zero-order chi connectivity index (χ0) is 19.9. The van der Waals surface area contributed by atoms with Gasteiger partial charge in [0.1, 0.15) is 11.3 Å². The number of hydrogen-bond acceptors (Lipinski definition) is 5. The van der Waals surface area contributed by atoms with Crippen molar-refractivity contribution in [2.24, 2.45) is 5.73 Å². The minimum absolute atomic E-state index is 0.0157. The van der Waals surface area contributed by atoms with E-state index in [-0.39, 0.29) is 6.04 Å². The van der Waals surface area contributed by atoms with Gasteiger partial charge in [-0.15, -0.1) is 11.3 Å². The summed E-state index contributed by atoms with van der Waals surface area (Å²) in [5, 5.41) is 5.47. The number of hydrogen-bond donors (Lipinski definition) is 2. The molecular formula is C22H23BrN4S. The number of rotatable bonds is 8. The normalized spacial score (nSPS) is 13.2. The molecule has 6 heteroatoms. The predicted octanol–water partition coefficient (Wildman–Crippen LogP) is 5.58. The maximum atomic E-state index is 6.35. The Kier molecular flexibility index (Phi) is 7.14. The van der Waals surface area contributed by atoms with Gasteiger partial charge in [-0.25, -0.2) is 9.97 Å². The van der Waals surface area contributed by atoms with Crippen LogP contribution in [0.25, 0.3) is 15.8 Å². The molecule has 0 fully saturated rings. The summed E-state index contributed by atoms with van der Waals surface area (Å²) in [5.41, 5.74) is 9.39. The summed E-state index contributed by atoms with van der Waals surface area (Å²) in [5.74, 6) is 1.46. The summed E-state index contributed by atoms with van der Waals surface area (Å²) in [6, 6.07) is 10.3. The average molecular weight is 455 g/mol. The van der Waals surface area contributed by atoms with Gasteiger partial charge in [-0.05, 0) is 34.8 Å². The highest BCUT2D eigenvalue weighted by Crippen LogP contribution is 2.34. The van der Waals surface area contributed by atoms with E-state index < -0.39 is 0 Å². The lowest BCUT2D eigenvalue weighted by Crippen LogP contribution is -2.31. The summed E-state index contributed by atoms with van der Waals surface area (Å²) in [7, 11) is 0. The van der Waals surface area contributed by atoms with E-state index >= 15 is 0 Å². The van der Waals surface area contributed by atoms with Gasteiger partial charge in [-0.2, -0.15) is 0 Å². The van der Waals surface area contributed by atoms with Crippen LogP contribution in [0.1, 0.15) is 18.3 Å². The summed E-state index contributed by atoms with van der Waals surface area (Å²) >= 11 is 5.21. The largest absolute Gasteiger partial charge is 0.367 e. The molecule has 2 aromatic heterocycles. The van der Waals surface area contributed by atoms with E-state index in [4.69, 9.17) is 15.7 Å². The number of thiophene rings is 1. The Balaban J connectivity index is 1.87. The molecule has 4 nitrogen and oxygen atoms in total. The maximum Gasteiger partial charge on any atom is 0.162 e. The van der Waals surface area contributed by atoms with E-state index in [1.165, 1.54) is 5.56 Å². The van der Waals surface area contributed by atoms with Gasteiger partial charge < -0.3 is 11.1 Å². The lowest BCUT2D eigenvalue weighted by Gasteiger charge is -2.14. The van der Waals surface area contributed by atoms with Gasteiger partial charge in [-0.1, -0.05) is 61.2 Å². The van der Waals surface area contributed by atoms with Crippen LogP contribution in [0.5, 0.6) is 0 Å². The van der Waals surface area contributed by atoms with Crippen molar-refractivity contribution in [1.29, 1.82) is 0 Å². The lowest BCUT2D eigenvalue weighted by atomic mass is 10.1. The van der Waals surface area contributed by atoms with Gasteiger partial charge in [0.15, 0.2) is 5.82 Å². The number of fused-ring (bicyclic) bond motifs is 1. The second kappa shape index (κ2) is 9.78. The highest BCUT2D eigenvalue weighted by Gasteiger charge is 2.15. The second-order valence-electron chi connectivity index (χ2n) is 6.35. The summed E-state index contributed by atoms with van der Waals surface area (Å²) in [6.45, 7) is 6.39. The Hall–Kier alpha value is -2.28. The van der Waals surface area contributed by atoms with E-state index in [1.54, 1.807) is 17.4 Å². The molecular weight excluding hydrogens is 432 g/mol. The molecule has 0 saturated carbocycles. The van der Waals surface area contributed by atoms with Gasteiger partial charge in [0.05, 0.1) is 9.17 Å². The van der Waals surface area contributed by atoms with Crippen LogP contribution in [0.3, 0.4) is 0 Å². The van der Waals surface area contributed by atoms with Crippen LogP contribution in [0.2, 0.25) is 0 Å². The number of halogens is 1. The highest BCUT2D eigenvalue weighted by molar-refractivity contribution is 9.10. The van der Waals surface area contributed by atoms with Gasteiger partial charge in [0.25, 0.3) is 0 Å². The fourth-order valence-corrected chi connectivity index (χ4v) is 4.40. The topological polar surface area (TPSA) is 63.8 Å². The summed E-state index contributed by atoms with van der Waals surface area (Å²) < 4.78 is 1.98. The van der Waals surface area contributed by atoms with Crippen molar-refractivity contribution in [3.63, 3.8) is 0 Å². The summed E-state index contributed by atoms with van der Waals surface area (Å²) in [6.07, 6.45) is 8.41. The Morgan fingerprint density at radius 2 is 2.11 bits per heavy atom. The molecule has 0 unspecified atom stereocenters. The molecule has 0 aliphatic rings. The number of nitrogens with zero attached hydrogens (tertiary/aromatic N) is 2. The zero-order valence-electron chi connectivity index (χ0n) is 15.7. The maximum absolute atomic E-state index is 6.35. The van der Waals surface area contributed by atoms with Crippen LogP contribution in [0.15, 0.2) is 71.1 Å². The zero-order valence-corrected chi connectivity index (χ0v) is 18.1. The van der Waals surface area contributed by atoms with Crippen LogP contribution in [0.4, 0.5) is 5.82 Å². The SMILES string of the molecule is C=C/C=C(\C=C/C)c1nc(NC[C@@H](N)Cc2ccccc2)c2scc(Br)c2n1. The molecule has 1 atom stereocenters. The summed E-state index contributed by atoms with van der Waals surface area (Å²) in [4.78, 5) is 9.52. The third kappa shape index (κ3) is 4.95.